The molecule has 0 amide bonds. The molecular weight excluding hydrogens is 326 g/mol. The Morgan fingerprint density at radius 2 is 1.52 bits per heavy atom. The first-order valence-electron chi connectivity index (χ1n) is 8.84. The Morgan fingerprint density at radius 3 is 2.04 bits per heavy atom. The zero-order valence-electron chi connectivity index (χ0n) is 15.9. The number of nitrogens with one attached hydrogen (secondary N) is 1. The van der Waals surface area contributed by atoms with Crippen molar-refractivity contribution in [2.45, 2.75) is 58.2 Å². The van der Waals surface area contributed by atoms with Gasteiger partial charge in [-0.1, -0.05) is 71.9 Å². The molecule has 0 bridgehead atoms. The van der Waals surface area contributed by atoms with E-state index in [0.29, 0.717) is 33.6 Å². The highest BCUT2D eigenvalue weighted by Crippen LogP contribution is 2.40. The molecule has 25 heavy (non-hydrogen) atoms. The third-order valence-electron chi connectivity index (χ3n) is 5.06. The predicted octanol–water partition coefficient (Wildman–Crippen LogP) is 4.61. The van der Waals surface area contributed by atoms with Crippen LogP contribution >= 0.6 is 0 Å². The third kappa shape index (κ3) is 3.74. The third-order valence-corrected chi connectivity index (χ3v) is 11.4. The molecule has 0 spiro atoms. The van der Waals surface area contributed by atoms with Crippen LogP contribution in [-0.4, -0.2) is 29.3 Å². The maximum atomic E-state index is 12.7. The Bertz CT molecular complexity index is 760. The molecule has 0 aliphatic rings. The lowest BCUT2D eigenvalue weighted by atomic mass is 10.1. The van der Waals surface area contributed by atoms with Crippen LogP contribution in [0, 0.1) is 11.5 Å². The van der Waals surface area contributed by atoms with Gasteiger partial charge in [0, 0.05) is 5.56 Å². The fourth-order valence-corrected chi connectivity index (χ4v) is 9.00. The molecule has 0 aliphatic heterocycles. The topological polar surface area (TPSA) is 58.6 Å². The summed E-state index contributed by atoms with van der Waals surface area (Å²) in [5, 5.41) is 10.8. The number of aromatic amines is 1. The Balaban J connectivity index is 2.45. The largest absolute Gasteiger partial charge is 0.287 e. The second kappa shape index (κ2) is 7.79. The van der Waals surface area contributed by atoms with Gasteiger partial charge < -0.3 is 0 Å². The molecule has 5 heteroatoms. The van der Waals surface area contributed by atoms with Crippen molar-refractivity contribution in [3.63, 3.8) is 0 Å². The van der Waals surface area contributed by atoms with Crippen LogP contribution in [-0.2, 0) is 0 Å². The average molecular weight is 354 g/mol. The smallest absolute Gasteiger partial charge is 0.216 e. The highest BCUT2D eigenvalue weighted by atomic mass is 28.3. The first-order valence-corrected chi connectivity index (χ1v) is 11.1. The van der Waals surface area contributed by atoms with Gasteiger partial charge in [0.05, 0.1) is 0 Å². The molecule has 132 valence electrons. The highest BCUT2D eigenvalue weighted by molar-refractivity contribution is 6.90. The summed E-state index contributed by atoms with van der Waals surface area (Å²) in [4.78, 5) is 12.7. The molecule has 1 heterocycles. The quantitative estimate of drug-likeness (QED) is 0.485. The summed E-state index contributed by atoms with van der Waals surface area (Å²) < 4.78 is 0. The van der Waals surface area contributed by atoms with Crippen LogP contribution in [0.25, 0.3) is 0 Å². The Morgan fingerprint density at radius 1 is 0.960 bits per heavy atom. The van der Waals surface area contributed by atoms with Crippen LogP contribution in [0.4, 0.5) is 0 Å². The van der Waals surface area contributed by atoms with Gasteiger partial charge in [0.25, 0.3) is 0 Å². The number of hydrogen-bond acceptors (Lipinski definition) is 3. The summed E-state index contributed by atoms with van der Waals surface area (Å²) in [5.41, 5.74) is 6.53. The van der Waals surface area contributed by atoms with Crippen molar-refractivity contribution in [1.82, 2.24) is 15.4 Å². The minimum Gasteiger partial charge on any atom is -0.287 e. The lowest BCUT2D eigenvalue weighted by Crippen LogP contribution is -2.43. The highest BCUT2D eigenvalue weighted by Gasteiger charge is 2.41. The van der Waals surface area contributed by atoms with Gasteiger partial charge in [-0.2, -0.15) is 10.3 Å². The van der Waals surface area contributed by atoms with Crippen molar-refractivity contribution < 1.29 is 4.79 Å². The normalized spacial score (nSPS) is 11.7. The van der Waals surface area contributed by atoms with Gasteiger partial charge in [-0.3, -0.25) is 4.79 Å². The number of carbonyl (C=O) groups is 1. The molecule has 1 aromatic carbocycles. The number of hydrogen-bond donors (Lipinski definition) is 1. The summed E-state index contributed by atoms with van der Waals surface area (Å²) in [6.07, 6.45) is 0. The van der Waals surface area contributed by atoms with E-state index >= 15 is 0 Å². The molecule has 4 nitrogen and oxygen atoms in total. The predicted molar refractivity (Wildman–Crippen MR) is 104 cm³/mol. The van der Waals surface area contributed by atoms with Crippen molar-refractivity contribution in [2.24, 2.45) is 0 Å². The van der Waals surface area contributed by atoms with Crippen LogP contribution in [0.1, 0.15) is 63.3 Å². The minimum absolute atomic E-state index is 0.149. The average Bonchev–Trinajstić information content (AvgIpc) is 3.03. The fraction of sp³-hybridized carbons (Fsp3) is 0.450. The first kappa shape index (κ1) is 19.1. The number of aromatic nitrogens is 3. The maximum Gasteiger partial charge on any atom is 0.216 e. The zero-order chi connectivity index (χ0) is 18.6. The molecule has 0 unspecified atom stereocenters. The molecule has 0 fully saturated rings. The number of carbonyl (C=O) groups excluding carboxylic acids is 1. The van der Waals surface area contributed by atoms with E-state index in [0.717, 1.165) is 0 Å². The molecule has 0 aliphatic carbocycles. The van der Waals surface area contributed by atoms with E-state index in [-0.39, 0.29) is 5.78 Å². The minimum atomic E-state index is -1.87. The van der Waals surface area contributed by atoms with Crippen molar-refractivity contribution in [1.29, 1.82) is 0 Å². The summed E-state index contributed by atoms with van der Waals surface area (Å²) in [7, 11) is -1.87. The maximum absolute atomic E-state index is 12.7. The first-order chi connectivity index (χ1) is 11.8. The van der Waals surface area contributed by atoms with Crippen molar-refractivity contribution >= 4 is 13.9 Å². The van der Waals surface area contributed by atoms with E-state index in [9.17, 15) is 4.79 Å². The molecule has 2 rings (SSSR count). The van der Waals surface area contributed by atoms with Gasteiger partial charge in [-0.15, -0.1) is 10.6 Å². The van der Waals surface area contributed by atoms with Gasteiger partial charge in [0.1, 0.15) is 8.07 Å². The summed E-state index contributed by atoms with van der Waals surface area (Å²) >= 11 is 0. The molecule has 0 saturated heterocycles. The van der Waals surface area contributed by atoms with Crippen LogP contribution < -0.4 is 0 Å². The van der Waals surface area contributed by atoms with Crippen molar-refractivity contribution in [2.75, 3.05) is 0 Å². The van der Waals surface area contributed by atoms with Crippen molar-refractivity contribution in [3.8, 4) is 11.5 Å². The van der Waals surface area contributed by atoms with Crippen LogP contribution in [0.15, 0.2) is 30.3 Å². The van der Waals surface area contributed by atoms with Gasteiger partial charge in [0.2, 0.25) is 5.78 Å². The van der Waals surface area contributed by atoms with Crippen molar-refractivity contribution in [3.05, 3.63) is 47.3 Å². The molecule has 1 aromatic heterocycles. The number of benzene rings is 1. The number of H-pyrrole nitrogens is 1. The Labute approximate surface area is 151 Å². The van der Waals surface area contributed by atoms with E-state index in [1.54, 1.807) is 12.1 Å². The fourth-order valence-electron chi connectivity index (χ4n) is 3.80. The van der Waals surface area contributed by atoms with Crippen LogP contribution in [0.3, 0.4) is 0 Å². The van der Waals surface area contributed by atoms with Gasteiger partial charge >= 0.3 is 0 Å². The number of rotatable bonds is 5. The molecule has 0 saturated carbocycles. The van der Waals surface area contributed by atoms with E-state index in [2.05, 4.69) is 68.4 Å². The standard InChI is InChI=1S/C20H27N3OSi/c1-14(2)25(15(3)4,16(5)6)13-12-18-19(22-23-21-18)20(24)17-10-8-7-9-11-17/h7-11,14-16H,1-6H3,(H,21,22,23). The molecular formula is C20H27N3OSi. The summed E-state index contributed by atoms with van der Waals surface area (Å²) in [6.45, 7) is 13.6. The Kier molecular flexibility index (Phi) is 5.96. The monoisotopic (exact) mass is 353 g/mol. The molecule has 2 aromatic rings. The second-order valence-electron chi connectivity index (χ2n) is 7.36. The Hall–Kier alpha value is -2.19. The van der Waals surface area contributed by atoms with Gasteiger partial charge in [-0.25, -0.2) is 0 Å². The SMILES string of the molecule is CC(C)[Si](C#Cc1n[nH]nc1C(=O)c1ccccc1)(C(C)C)C(C)C. The van der Waals surface area contributed by atoms with E-state index in [1.165, 1.54) is 0 Å². The molecule has 0 atom stereocenters. The molecule has 1 N–H and O–H groups in total. The van der Waals surface area contributed by atoms with Crippen LogP contribution in [0.2, 0.25) is 16.6 Å². The van der Waals surface area contributed by atoms with E-state index in [4.69, 9.17) is 0 Å². The number of nitrogens with zero attached hydrogens (tertiary/aromatic N) is 2. The van der Waals surface area contributed by atoms with Gasteiger partial charge in [0.15, 0.2) is 11.4 Å². The van der Waals surface area contributed by atoms with Gasteiger partial charge in [-0.05, 0) is 22.5 Å². The number of ketones is 1. The lowest BCUT2D eigenvalue weighted by Gasteiger charge is -2.37. The second-order valence-corrected chi connectivity index (χ2v) is 12.9. The van der Waals surface area contributed by atoms with E-state index < -0.39 is 8.07 Å². The van der Waals surface area contributed by atoms with E-state index in [1.807, 2.05) is 18.2 Å². The zero-order valence-corrected chi connectivity index (χ0v) is 16.9. The summed E-state index contributed by atoms with van der Waals surface area (Å²) in [5.74, 6) is 3.07. The van der Waals surface area contributed by atoms with Crippen LogP contribution in [0.5, 0.6) is 0 Å². The summed E-state index contributed by atoms with van der Waals surface area (Å²) in [6, 6.07) is 9.13. The molecule has 0 radical (unpaired) electrons. The lowest BCUT2D eigenvalue weighted by molar-refractivity contribution is 0.103.